The van der Waals surface area contributed by atoms with Crippen LogP contribution in [-0.2, 0) is 0 Å². The molecule has 2 aliphatic rings. The molecular formula is C22H32Si. The minimum Gasteiger partial charge on any atom is -0.0806 e. The van der Waals surface area contributed by atoms with Gasteiger partial charge in [0.25, 0.3) is 0 Å². The van der Waals surface area contributed by atoms with Crippen molar-refractivity contribution in [3.8, 4) is 0 Å². The SMILES string of the molecule is CC(C)(C)C1=C([SiH](CC2CCCCC2)c2ccccc2)CC=C1. The van der Waals surface area contributed by atoms with E-state index in [-0.39, 0.29) is 5.41 Å². The lowest BCUT2D eigenvalue weighted by Crippen LogP contribution is -2.36. The van der Waals surface area contributed by atoms with Crippen LogP contribution in [0.25, 0.3) is 0 Å². The van der Waals surface area contributed by atoms with Crippen molar-refractivity contribution in [1.82, 2.24) is 0 Å². The number of benzene rings is 1. The van der Waals surface area contributed by atoms with Crippen molar-refractivity contribution >= 4 is 14.0 Å². The highest BCUT2D eigenvalue weighted by atomic mass is 28.3. The predicted molar refractivity (Wildman–Crippen MR) is 105 cm³/mol. The van der Waals surface area contributed by atoms with Gasteiger partial charge in [0.15, 0.2) is 0 Å². The second kappa shape index (κ2) is 7.21. The quantitative estimate of drug-likeness (QED) is 0.638. The molecule has 3 rings (SSSR count). The van der Waals surface area contributed by atoms with Crippen molar-refractivity contribution in [2.75, 3.05) is 0 Å². The van der Waals surface area contributed by atoms with Crippen molar-refractivity contribution < 1.29 is 0 Å². The van der Waals surface area contributed by atoms with Crippen LogP contribution in [0.5, 0.6) is 0 Å². The lowest BCUT2D eigenvalue weighted by Gasteiger charge is -2.30. The van der Waals surface area contributed by atoms with Gasteiger partial charge in [-0.25, -0.2) is 0 Å². The minimum atomic E-state index is -1.06. The zero-order valence-corrected chi connectivity index (χ0v) is 16.3. The number of rotatable bonds is 4. The van der Waals surface area contributed by atoms with Crippen molar-refractivity contribution in [3.63, 3.8) is 0 Å². The normalized spacial score (nSPS) is 21.0. The Labute approximate surface area is 144 Å². The smallest absolute Gasteiger partial charge is 0.0806 e. The summed E-state index contributed by atoms with van der Waals surface area (Å²) < 4.78 is 0. The van der Waals surface area contributed by atoms with Gasteiger partial charge in [-0.05, 0) is 29.4 Å². The third-order valence-electron chi connectivity index (χ3n) is 5.69. The van der Waals surface area contributed by atoms with E-state index < -0.39 is 8.80 Å². The van der Waals surface area contributed by atoms with Crippen LogP contribution in [0.1, 0.15) is 59.3 Å². The highest BCUT2D eigenvalue weighted by Crippen LogP contribution is 2.38. The third-order valence-corrected chi connectivity index (χ3v) is 9.41. The van der Waals surface area contributed by atoms with Gasteiger partial charge in [0.05, 0.1) is 8.80 Å². The Morgan fingerprint density at radius 1 is 1.00 bits per heavy atom. The minimum absolute atomic E-state index is 0.287. The first-order chi connectivity index (χ1) is 11.1. The number of hydrogen-bond acceptors (Lipinski definition) is 0. The van der Waals surface area contributed by atoms with Crippen molar-refractivity contribution in [2.24, 2.45) is 11.3 Å². The average Bonchev–Trinajstić information content (AvgIpc) is 3.04. The van der Waals surface area contributed by atoms with E-state index in [9.17, 15) is 0 Å². The van der Waals surface area contributed by atoms with Gasteiger partial charge in [-0.15, -0.1) is 0 Å². The molecule has 0 aliphatic heterocycles. The van der Waals surface area contributed by atoms with Gasteiger partial charge in [0, 0.05) is 0 Å². The molecule has 124 valence electrons. The van der Waals surface area contributed by atoms with Gasteiger partial charge >= 0.3 is 0 Å². The van der Waals surface area contributed by atoms with Crippen LogP contribution in [0, 0.1) is 11.3 Å². The molecule has 0 N–H and O–H groups in total. The van der Waals surface area contributed by atoms with Crippen molar-refractivity contribution in [2.45, 2.75) is 65.3 Å². The monoisotopic (exact) mass is 324 g/mol. The van der Waals surface area contributed by atoms with E-state index in [4.69, 9.17) is 0 Å². The largest absolute Gasteiger partial charge is 0.0986 e. The van der Waals surface area contributed by atoms with Gasteiger partial charge in [-0.1, -0.05) is 106 Å². The van der Waals surface area contributed by atoms with Gasteiger partial charge in [0.1, 0.15) is 0 Å². The molecule has 1 saturated carbocycles. The van der Waals surface area contributed by atoms with Gasteiger partial charge < -0.3 is 0 Å². The second-order valence-electron chi connectivity index (χ2n) is 8.50. The molecule has 0 nitrogen and oxygen atoms in total. The van der Waals surface area contributed by atoms with Crippen LogP contribution >= 0.6 is 0 Å². The van der Waals surface area contributed by atoms with Crippen molar-refractivity contribution in [1.29, 1.82) is 0 Å². The molecule has 23 heavy (non-hydrogen) atoms. The van der Waals surface area contributed by atoms with Crippen LogP contribution in [-0.4, -0.2) is 8.80 Å². The molecular weight excluding hydrogens is 292 g/mol. The molecule has 0 radical (unpaired) electrons. The molecule has 0 bridgehead atoms. The standard InChI is InChI=1S/C22H32Si/c1-22(2,3)20-15-10-16-21(20)23(19-13-8-5-9-14-19)17-18-11-6-4-7-12-18/h5,8-10,13-15,18,23H,4,6-7,11-12,16-17H2,1-3H3. The Morgan fingerprint density at radius 3 is 2.35 bits per heavy atom. The molecule has 0 saturated heterocycles. The van der Waals surface area contributed by atoms with E-state index in [1.54, 1.807) is 10.8 Å². The van der Waals surface area contributed by atoms with Crippen molar-refractivity contribution in [3.05, 3.63) is 53.3 Å². The maximum absolute atomic E-state index is 2.43. The Kier molecular flexibility index (Phi) is 5.26. The highest BCUT2D eigenvalue weighted by molar-refractivity contribution is 6.80. The van der Waals surface area contributed by atoms with Crippen LogP contribution in [0.15, 0.2) is 53.3 Å². The summed E-state index contributed by atoms with van der Waals surface area (Å²) in [5, 5.41) is 3.49. The summed E-state index contributed by atoms with van der Waals surface area (Å²) in [6, 6.07) is 13.0. The summed E-state index contributed by atoms with van der Waals surface area (Å²) in [4.78, 5) is 0. The zero-order chi connectivity index (χ0) is 16.3. The summed E-state index contributed by atoms with van der Waals surface area (Å²) in [7, 11) is -1.06. The third kappa shape index (κ3) is 4.06. The molecule has 2 aliphatic carbocycles. The first-order valence-corrected chi connectivity index (χ1v) is 11.5. The van der Waals surface area contributed by atoms with Crippen LogP contribution in [0.2, 0.25) is 6.04 Å². The molecule has 1 aromatic carbocycles. The Balaban J connectivity index is 1.92. The topological polar surface area (TPSA) is 0 Å². The van der Waals surface area contributed by atoms with E-state index in [0.717, 1.165) is 5.92 Å². The molecule has 1 unspecified atom stereocenters. The molecule has 1 heteroatoms. The Morgan fingerprint density at radius 2 is 1.70 bits per heavy atom. The van der Waals surface area contributed by atoms with E-state index in [1.165, 1.54) is 44.6 Å². The fourth-order valence-corrected chi connectivity index (χ4v) is 8.61. The summed E-state index contributed by atoms with van der Waals surface area (Å²) >= 11 is 0. The molecule has 0 heterocycles. The molecule has 0 amide bonds. The highest BCUT2D eigenvalue weighted by Gasteiger charge is 2.30. The number of hydrogen-bond donors (Lipinski definition) is 0. The number of allylic oxidation sites excluding steroid dienone is 4. The van der Waals surface area contributed by atoms with Crippen LogP contribution in [0.4, 0.5) is 0 Å². The Bertz CT molecular complexity index is 568. The molecule has 1 aromatic rings. The molecule has 1 atom stereocenters. The first kappa shape index (κ1) is 16.8. The first-order valence-electron chi connectivity index (χ1n) is 9.50. The maximum Gasteiger partial charge on any atom is 0.0986 e. The zero-order valence-electron chi connectivity index (χ0n) is 15.1. The van der Waals surface area contributed by atoms with E-state index in [0.29, 0.717) is 0 Å². The summed E-state index contributed by atoms with van der Waals surface area (Å²) in [6.45, 7) is 7.15. The summed E-state index contributed by atoms with van der Waals surface area (Å²) in [5.41, 5.74) is 1.93. The van der Waals surface area contributed by atoms with Gasteiger partial charge in [-0.2, -0.15) is 0 Å². The Hall–Kier alpha value is -1.08. The van der Waals surface area contributed by atoms with E-state index in [1.807, 2.05) is 5.20 Å². The summed E-state index contributed by atoms with van der Waals surface area (Å²) in [5.74, 6) is 0.981. The second-order valence-corrected chi connectivity index (χ2v) is 11.4. The predicted octanol–water partition coefficient (Wildman–Crippen LogP) is 5.54. The fraction of sp³-hybridized carbons (Fsp3) is 0.545. The summed E-state index contributed by atoms with van der Waals surface area (Å²) in [6.07, 6.45) is 13.4. The maximum atomic E-state index is 2.43. The average molecular weight is 325 g/mol. The van der Waals surface area contributed by atoms with Crippen LogP contribution < -0.4 is 5.19 Å². The molecule has 1 fully saturated rings. The lowest BCUT2D eigenvalue weighted by molar-refractivity contribution is 0.383. The lowest BCUT2D eigenvalue weighted by atomic mass is 9.87. The van der Waals surface area contributed by atoms with E-state index >= 15 is 0 Å². The van der Waals surface area contributed by atoms with Gasteiger partial charge in [-0.3, -0.25) is 0 Å². The van der Waals surface area contributed by atoms with E-state index in [2.05, 4.69) is 63.3 Å². The molecule has 0 aromatic heterocycles. The fourth-order valence-electron chi connectivity index (χ4n) is 4.50. The molecule has 0 spiro atoms. The van der Waals surface area contributed by atoms with Crippen LogP contribution in [0.3, 0.4) is 0 Å². The van der Waals surface area contributed by atoms with Gasteiger partial charge in [0.2, 0.25) is 0 Å².